The number of phenols is 1. The fraction of sp³-hybridized carbons (Fsp3) is 0. The van der Waals surface area contributed by atoms with Crippen molar-refractivity contribution in [2.45, 2.75) is 0 Å². The Morgan fingerprint density at radius 3 is 2.62 bits per heavy atom. The summed E-state index contributed by atoms with van der Waals surface area (Å²) in [5.41, 5.74) is 1.49. The standard InChI is InChI=1S/C13H9FO2/c14-11-5-4-10(8-15)13(7-11)9-2-1-3-12(16)6-9/h1-8,16H. The molecule has 0 amide bonds. The second-order valence-corrected chi connectivity index (χ2v) is 3.40. The molecule has 80 valence electrons. The van der Waals surface area contributed by atoms with E-state index in [1.165, 1.54) is 30.3 Å². The number of aldehydes is 1. The fourth-order valence-corrected chi connectivity index (χ4v) is 1.55. The average molecular weight is 216 g/mol. The Bertz CT molecular complexity index is 535. The topological polar surface area (TPSA) is 37.3 Å². The summed E-state index contributed by atoms with van der Waals surface area (Å²) in [5, 5.41) is 9.33. The molecule has 0 unspecified atom stereocenters. The quantitative estimate of drug-likeness (QED) is 0.783. The van der Waals surface area contributed by atoms with E-state index in [2.05, 4.69) is 0 Å². The lowest BCUT2D eigenvalue weighted by molar-refractivity contribution is 0.112. The molecule has 0 aromatic heterocycles. The first kappa shape index (κ1) is 10.4. The average Bonchev–Trinajstić information content (AvgIpc) is 2.29. The summed E-state index contributed by atoms with van der Waals surface area (Å²) in [7, 11) is 0. The summed E-state index contributed by atoms with van der Waals surface area (Å²) in [6.07, 6.45) is 0.665. The molecule has 2 aromatic rings. The molecule has 1 N–H and O–H groups in total. The number of aromatic hydroxyl groups is 1. The maximum absolute atomic E-state index is 13.1. The third-order valence-electron chi connectivity index (χ3n) is 2.30. The van der Waals surface area contributed by atoms with E-state index < -0.39 is 5.82 Å². The summed E-state index contributed by atoms with van der Waals surface area (Å²) in [6, 6.07) is 10.3. The van der Waals surface area contributed by atoms with Gasteiger partial charge in [0.2, 0.25) is 0 Å². The number of carbonyl (C=O) groups excluding carboxylic acids is 1. The van der Waals surface area contributed by atoms with Crippen LogP contribution in [0.1, 0.15) is 10.4 Å². The van der Waals surface area contributed by atoms with E-state index in [4.69, 9.17) is 0 Å². The number of halogens is 1. The summed E-state index contributed by atoms with van der Waals surface area (Å²) in [4.78, 5) is 10.8. The van der Waals surface area contributed by atoms with Crippen molar-refractivity contribution in [2.24, 2.45) is 0 Å². The van der Waals surface area contributed by atoms with E-state index in [0.29, 0.717) is 23.0 Å². The molecule has 2 rings (SSSR count). The van der Waals surface area contributed by atoms with E-state index in [0.717, 1.165) is 0 Å². The van der Waals surface area contributed by atoms with Crippen LogP contribution < -0.4 is 0 Å². The zero-order valence-corrected chi connectivity index (χ0v) is 8.35. The highest BCUT2D eigenvalue weighted by Crippen LogP contribution is 2.26. The largest absolute Gasteiger partial charge is 0.508 e. The summed E-state index contributed by atoms with van der Waals surface area (Å²) >= 11 is 0. The van der Waals surface area contributed by atoms with Gasteiger partial charge in [0.15, 0.2) is 6.29 Å². The Balaban J connectivity index is 2.62. The van der Waals surface area contributed by atoms with Crippen LogP contribution in [-0.4, -0.2) is 11.4 Å². The first-order valence-electron chi connectivity index (χ1n) is 4.75. The zero-order chi connectivity index (χ0) is 11.5. The highest BCUT2D eigenvalue weighted by Gasteiger charge is 2.06. The van der Waals surface area contributed by atoms with Gasteiger partial charge in [0.25, 0.3) is 0 Å². The van der Waals surface area contributed by atoms with Crippen LogP contribution in [0.25, 0.3) is 11.1 Å². The number of phenolic OH excluding ortho intramolecular Hbond substituents is 1. The van der Waals surface area contributed by atoms with Gasteiger partial charge in [0.1, 0.15) is 11.6 Å². The molecule has 0 heterocycles. The zero-order valence-electron chi connectivity index (χ0n) is 8.35. The van der Waals surface area contributed by atoms with Gasteiger partial charge >= 0.3 is 0 Å². The third kappa shape index (κ3) is 1.93. The molecule has 0 atom stereocenters. The van der Waals surface area contributed by atoms with E-state index in [1.807, 2.05) is 0 Å². The number of carbonyl (C=O) groups is 1. The molecule has 16 heavy (non-hydrogen) atoms. The van der Waals surface area contributed by atoms with Crippen molar-refractivity contribution in [3.05, 3.63) is 53.8 Å². The molecule has 0 saturated heterocycles. The Kier molecular flexibility index (Phi) is 2.68. The highest BCUT2D eigenvalue weighted by atomic mass is 19.1. The number of hydrogen-bond donors (Lipinski definition) is 1. The molecule has 0 saturated carbocycles. The molecule has 2 nitrogen and oxygen atoms in total. The lowest BCUT2D eigenvalue weighted by Gasteiger charge is -2.05. The van der Waals surface area contributed by atoms with Crippen molar-refractivity contribution in [3.63, 3.8) is 0 Å². The van der Waals surface area contributed by atoms with E-state index >= 15 is 0 Å². The predicted octanol–water partition coefficient (Wildman–Crippen LogP) is 3.01. The van der Waals surface area contributed by atoms with Crippen LogP contribution in [0.2, 0.25) is 0 Å². The second kappa shape index (κ2) is 4.14. The molecule has 0 bridgehead atoms. The third-order valence-corrected chi connectivity index (χ3v) is 2.30. The van der Waals surface area contributed by atoms with Crippen LogP contribution in [0, 0.1) is 5.82 Å². The minimum atomic E-state index is -0.413. The number of rotatable bonds is 2. The normalized spacial score (nSPS) is 10.1. The van der Waals surface area contributed by atoms with E-state index in [1.54, 1.807) is 12.1 Å². The molecule has 0 fully saturated rings. The van der Waals surface area contributed by atoms with Gasteiger partial charge in [-0.1, -0.05) is 12.1 Å². The predicted molar refractivity (Wildman–Crippen MR) is 58.9 cm³/mol. The smallest absolute Gasteiger partial charge is 0.150 e. The monoisotopic (exact) mass is 216 g/mol. The van der Waals surface area contributed by atoms with Crippen molar-refractivity contribution in [1.29, 1.82) is 0 Å². The minimum absolute atomic E-state index is 0.0820. The van der Waals surface area contributed by atoms with Crippen molar-refractivity contribution in [1.82, 2.24) is 0 Å². The molecule has 2 aromatic carbocycles. The van der Waals surface area contributed by atoms with Gasteiger partial charge in [-0.3, -0.25) is 4.79 Å². The molecular weight excluding hydrogens is 207 g/mol. The number of benzene rings is 2. The molecule has 0 aliphatic heterocycles. The van der Waals surface area contributed by atoms with Crippen molar-refractivity contribution >= 4 is 6.29 Å². The van der Waals surface area contributed by atoms with Gasteiger partial charge in [0, 0.05) is 5.56 Å². The van der Waals surface area contributed by atoms with Gasteiger partial charge in [-0.2, -0.15) is 0 Å². The van der Waals surface area contributed by atoms with Gasteiger partial charge in [0.05, 0.1) is 0 Å². The van der Waals surface area contributed by atoms with Crippen molar-refractivity contribution in [3.8, 4) is 16.9 Å². The van der Waals surface area contributed by atoms with E-state index in [9.17, 15) is 14.3 Å². The molecule has 0 spiro atoms. The molecule has 0 aliphatic rings. The lowest BCUT2D eigenvalue weighted by Crippen LogP contribution is -1.88. The summed E-state index contributed by atoms with van der Waals surface area (Å²) in [5.74, 6) is -0.331. The van der Waals surface area contributed by atoms with Crippen LogP contribution in [0.3, 0.4) is 0 Å². The second-order valence-electron chi connectivity index (χ2n) is 3.40. The van der Waals surface area contributed by atoms with Crippen molar-refractivity contribution < 1.29 is 14.3 Å². The van der Waals surface area contributed by atoms with Crippen LogP contribution in [0.15, 0.2) is 42.5 Å². The fourth-order valence-electron chi connectivity index (χ4n) is 1.55. The van der Waals surface area contributed by atoms with Gasteiger partial charge < -0.3 is 5.11 Å². The van der Waals surface area contributed by atoms with Crippen LogP contribution >= 0.6 is 0 Å². The maximum atomic E-state index is 13.1. The van der Waals surface area contributed by atoms with Crippen molar-refractivity contribution in [2.75, 3.05) is 0 Å². The minimum Gasteiger partial charge on any atom is -0.508 e. The van der Waals surface area contributed by atoms with Gasteiger partial charge in [-0.05, 0) is 41.5 Å². The summed E-state index contributed by atoms with van der Waals surface area (Å²) < 4.78 is 13.1. The summed E-state index contributed by atoms with van der Waals surface area (Å²) in [6.45, 7) is 0. The number of hydrogen-bond acceptors (Lipinski definition) is 2. The lowest BCUT2D eigenvalue weighted by atomic mass is 10.00. The SMILES string of the molecule is O=Cc1ccc(F)cc1-c1cccc(O)c1. The highest BCUT2D eigenvalue weighted by molar-refractivity contribution is 5.87. The van der Waals surface area contributed by atoms with Crippen LogP contribution in [0.4, 0.5) is 4.39 Å². The Hall–Kier alpha value is -2.16. The molecule has 3 heteroatoms. The van der Waals surface area contributed by atoms with Gasteiger partial charge in [-0.25, -0.2) is 4.39 Å². The Labute approximate surface area is 92.0 Å². The Morgan fingerprint density at radius 1 is 1.12 bits per heavy atom. The van der Waals surface area contributed by atoms with Crippen LogP contribution in [-0.2, 0) is 0 Å². The van der Waals surface area contributed by atoms with Gasteiger partial charge in [-0.15, -0.1) is 0 Å². The molecule has 0 aliphatic carbocycles. The maximum Gasteiger partial charge on any atom is 0.150 e. The first-order valence-corrected chi connectivity index (χ1v) is 4.75. The van der Waals surface area contributed by atoms with Crippen LogP contribution in [0.5, 0.6) is 5.75 Å². The van der Waals surface area contributed by atoms with E-state index in [-0.39, 0.29) is 5.75 Å². The molecular formula is C13H9FO2. The Morgan fingerprint density at radius 2 is 1.94 bits per heavy atom. The molecule has 0 radical (unpaired) electrons. The first-order chi connectivity index (χ1) is 7.70.